The summed E-state index contributed by atoms with van der Waals surface area (Å²) in [4.78, 5) is 0. The molecule has 2 unspecified atom stereocenters. The van der Waals surface area contributed by atoms with Crippen LogP contribution in [0.3, 0.4) is 0 Å². The van der Waals surface area contributed by atoms with Crippen molar-refractivity contribution in [2.45, 2.75) is 157 Å². The van der Waals surface area contributed by atoms with Gasteiger partial charge < -0.3 is 0 Å². The van der Waals surface area contributed by atoms with Crippen molar-refractivity contribution in [1.29, 1.82) is 0 Å². The molecule has 0 aromatic heterocycles. The molecule has 1 fully saturated rings. The van der Waals surface area contributed by atoms with Gasteiger partial charge in [-0.05, 0) is 0 Å². The molecule has 0 N–H and O–H groups in total. The van der Waals surface area contributed by atoms with Crippen molar-refractivity contribution in [1.82, 2.24) is 0 Å². The third-order valence-corrected chi connectivity index (χ3v) is 21.3. The third kappa shape index (κ3) is 10.2. The van der Waals surface area contributed by atoms with E-state index in [1.165, 1.54) is 89.9 Å². The SMILES string of the molecule is CCC[CH2][Ge]([CH2]CCC)([CH2]CCC)[CH]1CCCCCCCCC1O[Si](C)(C)C. The van der Waals surface area contributed by atoms with Crippen molar-refractivity contribution in [2.75, 3.05) is 0 Å². The Morgan fingerprint density at radius 2 is 1.11 bits per heavy atom. The topological polar surface area (TPSA) is 9.23 Å². The molecule has 0 radical (unpaired) electrons. The van der Waals surface area contributed by atoms with Crippen LogP contribution in [-0.4, -0.2) is 27.7 Å². The van der Waals surface area contributed by atoms with Gasteiger partial charge in [-0.25, -0.2) is 0 Å². The number of unbranched alkanes of at least 4 members (excludes halogenated alkanes) is 3. The molecular formula is C25H54GeOSi. The van der Waals surface area contributed by atoms with E-state index >= 15 is 0 Å². The van der Waals surface area contributed by atoms with Gasteiger partial charge in [0.15, 0.2) is 0 Å². The molecule has 0 aromatic carbocycles. The average molecular weight is 471 g/mol. The molecule has 1 rings (SSSR count). The van der Waals surface area contributed by atoms with E-state index in [-0.39, 0.29) is 0 Å². The van der Waals surface area contributed by atoms with Crippen molar-refractivity contribution in [3.63, 3.8) is 0 Å². The molecule has 0 aliphatic heterocycles. The Morgan fingerprint density at radius 1 is 0.679 bits per heavy atom. The maximum absolute atomic E-state index is 7.05. The predicted octanol–water partition coefficient (Wildman–Crippen LogP) is 9.56. The first-order valence-corrected chi connectivity index (χ1v) is 22.1. The second-order valence-electron chi connectivity index (χ2n) is 10.7. The summed E-state index contributed by atoms with van der Waals surface area (Å²) < 4.78 is 8.04. The first-order valence-electron chi connectivity index (χ1n) is 13.1. The van der Waals surface area contributed by atoms with Gasteiger partial charge in [0.1, 0.15) is 0 Å². The van der Waals surface area contributed by atoms with Gasteiger partial charge in [-0.15, -0.1) is 0 Å². The first kappa shape index (κ1) is 26.8. The minimum atomic E-state index is -1.96. The molecule has 0 spiro atoms. The second kappa shape index (κ2) is 14.7. The first-order chi connectivity index (χ1) is 13.4. The van der Waals surface area contributed by atoms with Crippen LogP contribution < -0.4 is 0 Å². The maximum atomic E-state index is 7.05. The van der Waals surface area contributed by atoms with E-state index in [4.69, 9.17) is 4.43 Å². The van der Waals surface area contributed by atoms with Crippen molar-refractivity contribution in [2.24, 2.45) is 0 Å². The van der Waals surface area contributed by atoms with E-state index in [1.54, 1.807) is 15.8 Å². The van der Waals surface area contributed by atoms with Crippen LogP contribution in [0.5, 0.6) is 0 Å². The van der Waals surface area contributed by atoms with Crippen LogP contribution in [0.4, 0.5) is 0 Å². The van der Waals surface area contributed by atoms with E-state index in [2.05, 4.69) is 40.4 Å². The van der Waals surface area contributed by atoms with Crippen molar-refractivity contribution < 1.29 is 4.43 Å². The fourth-order valence-electron chi connectivity index (χ4n) is 5.62. The molecule has 1 aliphatic rings. The normalized spacial score (nSPS) is 22.9. The quantitative estimate of drug-likeness (QED) is 0.258. The van der Waals surface area contributed by atoms with Gasteiger partial charge in [-0.3, -0.25) is 0 Å². The van der Waals surface area contributed by atoms with Gasteiger partial charge in [0.2, 0.25) is 0 Å². The predicted molar refractivity (Wildman–Crippen MR) is 134 cm³/mol. The molecule has 0 aromatic rings. The van der Waals surface area contributed by atoms with Crippen molar-refractivity contribution in [3.8, 4) is 0 Å². The van der Waals surface area contributed by atoms with Crippen LogP contribution in [0.2, 0.25) is 40.2 Å². The summed E-state index contributed by atoms with van der Waals surface area (Å²) in [7, 11) is -1.50. The Morgan fingerprint density at radius 3 is 1.54 bits per heavy atom. The van der Waals surface area contributed by atoms with Crippen LogP contribution in [-0.2, 0) is 4.43 Å². The summed E-state index contributed by atoms with van der Waals surface area (Å²) in [6.07, 6.45) is 20.9. The Hall–Kier alpha value is 0.720. The molecule has 1 aliphatic carbocycles. The van der Waals surface area contributed by atoms with Crippen molar-refractivity contribution in [3.05, 3.63) is 0 Å². The summed E-state index contributed by atoms with van der Waals surface area (Å²) in [5, 5.41) is 4.90. The second-order valence-corrected chi connectivity index (χ2v) is 25.6. The fraction of sp³-hybridized carbons (Fsp3) is 1.00. The van der Waals surface area contributed by atoms with E-state index in [0.29, 0.717) is 6.10 Å². The number of rotatable bonds is 12. The Balaban J connectivity index is 3.22. The molecule has 1 saturated carbocycles. The van der Waals surface area contributed by atoms with Crippen LogP contribution in [0.25, 0.3) is 0 Å². The summed E-state index contributed by atoms with van der Waals surface area (Å²) in [6, 6.07) is 0. The molecular weight excluding hydrogens is 417 g/mol. The van der Waals surface area contributed by atoms with Crippen LogP contribution >= 0.6 is 0 Å². The number of hydrogen-bond donors (Lipinski definition) is 0. The fourth-order valence-corrected chi connectivity index (χ4v) is 21.5. The molecule has 0 heterocycles. The molecule has 0 bridgehead atoms. The molecule has 0 amide bonds. The number of hydrogen-bond acceptors (Lipinski definition) is 1. The third-order valence-electron chi connectivity index (χ3n) is 7.08. The van der Waals surface area contributed by atoms with E-state index in [0.717, 1.165) is 4.75 Å². The minimum absolute atomic E-state index is 0.607. The summed E-state index contributed by atoms with van der Waals surface area (Å²) in [5.41, 5.74) is 0. The van der Waals surface area contributed by atoms with Gasteiger partial charge >= 0.3 is 183 Å². The van der Waals surface area contributed by atoms with E-state index < -0.39 is 21.6 Å². The molecule has 3 heteroatoms. The summed E-state index contributed by atoms with van der Waals surface area (Å²) in [6.45, 7) is 14.5. The summed E-state index contributed by atoms with van der Waals surface area (Å²) >= 11 is -1.96. The zero-order valence-corrected chi connectivity index (χ0v) is 23.7. The van der Waals surface area contributed by atoms with Gasteiger partial charge in [-0.2, -0.15) is 0 Å². The van der Waals surface area contributed by atoms with Gasteiger partial charge in [0.25, 0.3) is 0 Å². The average Bonchev–Trinajstić information content (AvgIpc) is 2.65. The standard InChI is InChI=1S/C25H54GeOSi/c1-7-10-21-26(22-11-8-2,23-12-9-3)24-19-17-15-13-14-16-18-20-25(24)27-28(4,5)6/h24-25H,7-23H2,1-6H3. The zero-order chi connectivity index (χ0) is 20.9. The van der Waals surface area contributed by atoms with Crippen LogP contribution in [0, 0.1) is 0 Å². The molecule has 0 saturated heterocycles. The van der Waals surface area contributed by atoms with Crippen LogP contribution in [0.15, 0.2) is 0 Å². The molecule has 1 nitrogen and oxygen atoms in total. The van der Waals surface area contributed by atoms with Gasteiger partial charge in [0.05, 0.1) is 0 Å². The summed E-state index contributed by atoms with van der Waals surface area (Å²) in [5.74, 6) is 0. The monoisotopic (exact) mass is 472 g/mol. The Kier molecular flexibility index (Phi) is 14.0. The van der Waals surface area contributed by atoms with Gasteiger partial charge in [-0.1, -0.05) is 0 Å². The van der Waals surface area contributed by atoms with E-state index in [1.807, 2.05) is 0 Å². The zero-order valence-electron chi connectivity index (χ0n) is 20.6. The van der Waals surface area contributed by atoms with E-state index in [9.17, 15) is 0 Å². The van der Waals surface area contributed by atoms with Crippen molar-refractivity contribution >= 4 is 21.6 Å². The molecule has 168 valence electrons. The Bertz CT molecular complexity index is 357. The molecule has 28 heavy (non-hydrogen) atoms. The van der Waals surface area contributed by atoms with Gasteiger partial charge in [0, 0.05) is 0 Å². The molecule has 2 atom stereocenters. The Labute approximate surface area is 182 Å². The van der Waals surface area contributed by atoms with Crippen LogP contribution in [0.1, 0.15) is 111 Å².